The number of likely N-dealkylation sites (N-methyl/N-ethyl adjacent to an activating group) is 1. The normalized spacial score (nSPS) is 31.6. The van der Waals surface area contributed by atoms with E-state index in [1.54, 1.807) is 0 Å². The first-order valence-electron chi connectivity index (χ1n) is 4.77. The van der Waals surface area contributed by atoms with Gasteiger partial charge in [-0.3, -0.25) is 5.01 Å². The third-order valence-corrected chi connectivity index (χ3v) is 2.80. The summed E-state index contributed by atoms with van der Waals surface area (Å²) in [5.74, 6) is 0.184. The number of hydrogen-bond acceptors (Lipinski definition) is 4. The molecule has 3 N–H and O–H groups in total. The van der Waals surface area contributed by atoms with E-state index in [1.165, 1.54) is 0 Å². The van der Waals surface area contributed by atoms with Crippen LogP contribution in [0.15, 0.2) is 28.9 Å². The van der Waals surface area contributed by atoms with Gasteiger partial charge in [0.05, 0.1) is 12.1 Å². The molecular formula is C10H15N3O. The van der Waals surface area contributed by atoms with Crippen LogP contribution < -0.4 is 5.73 Å². The second kappa shape index (κ2) is 3.55. The Kier molecular flexibility index (Phi) is 2.39. The van der Waals surface area contributed by atoms with Crippen LogP contribution in [0, 0.1) is 5.92 Å². The molecule has 2 rings (SSSR count). The van der Waals surface area contributed by atoms with Gasteiger partial charge in [0, 0.05) is 25.7 Å². The van der Waals surface area contributed by atoms with Gasteiger partial charge in [0.25, 0.3) is 0 Å². The number of fused-ring (bicyclic) bond motifs is 1. The average Bonchev–Trinajstić information content (AvgIpc) is 2.59. The number of hydrazone groups is 1. The molecule has 4 nitrogen and oxygen atoms in total. The highest BCUT2D eigenvalue weighted by Gasteiger charge is 2.33. The van der Waals surface area contributed by atoms with Crippen molar-refractivity contribution >= 4 is 6.21 Å². The zero-order valence-corrected chi connectivity index (χ0v) is 8.17. The highest BCUT2D eigenvalue weighted by molar-refractivity contribution is 5.70. The van der Waals surface area contributed by atoms with Crippen LogP contribution >= 0.6 is 0 Å². The minimum absolute atomic E-state index is 0.184. The molecule has 0 fully saturated rings. The molecule has 0 spiro atoms. The molecule has 76 valence electrons. The molecule has 3 atom stereocenters. The lowest BCUT2D eigenvalue weighted by Crippen LogP contribution is -2.35. The number of nitrogens with zero attached hydrogens (tertiary/aromatic N) is 2. The Hall–Kier alpha value is -1.13. The summed E-state index contributed by atoms with van der Waals surface area (Å²) < 4.78 is 0. The van der Waals surface area contributed by atoms with Crippen molar-refractivity contribution in [2.45, 2.75) is 12.1 Å². The van der Waals surface area contributed by atoms with Crippen LogP contribution in [0.25, 0.3) is 0 Å². The molecule has 1 aliphatic carbocycles. The van der Waals surface area contributed by atoms with E-state index in [-0.39, 0.29) is 18.5 Å². The quantitative estimate of drug-likeness (QED) is 0.634. The standard InChI is InChI=1S/C10H15N3O/c1-13-9-4-2-3-7(10(14)5-11)8(9)6-12-13/h2-4,6,8-10,14H,5,11H2,1H3. The summed E-state index contributed by atoms with van der Waals surface area (Å²) in [4.78, 5) is 0. The van der Waals surface area contributed by atoms with Crippen molar-refractivity contribution in [2.24, 2.45) is 16.8 Å². The lowest BCUT2D eigenvalue weighted by atomic mass is 9.85. The molecule has 1 heterocycles. The molecule has 2 aliphatic rings. The molecule has 0 bridgehead atoms. The molecule has 3 unspecified atom stereocenters. The van der Waals surface area contributed by atoms with Crippen molar-refractivity contribution < 1.29 is 5.11 Å². The van der Waals surface area contributed by atoms with E-state index in [4.69, 9.17) is 5.73 Å². The van der Waals surface area contributed by atoms with Crippen LogP contribution in [0.5, 0.6) is 0 Å². The van der Waals surface area contributed by atoms with Crippen LogP contribution in [-0.4, -0.2) is 42.1 Å². The van der Waals surface area contributed by atoms with Gasteiger partial charge >= 0.3 is 0 Å². The van der Waals surface area contributed by atoms with E-state index in [9.17, 15) is 5.11 Å². The monoisotopic (exact) mass is 193 g/mol. The summed E-state index contributed by atoms with van der Waals surface area (Å²) in [6, 6.07) is 0.246. The first-order valence-corrected chi connectivity index (χ1v) is 4.77. The molecule has 0 aromatic carbocycles. The summed E-state index contributed by atoms with van der Waals surface area (Å²) in [6.07, 6.45) is 7.30. The van der Waals surface area contributed by atoms with Crippen LogP contribution in [0.1, 0.15) is 0 Å². The predicted molar refractivity (Wildman–Crippen MR) is 55.8 cm³/mol. The Bertz CT molecular complexity index is 308. The van der Waals surface area contributed by atoms with Crippen molar-refractivity contribution in [1.29, 1.82) is 0 Å². The van der Waals surface area contributed by atoms with Gasteiger partial charge in [-0.25, -0.2) is 0 Å². The maximum atomic E-state index is 9.71. The van der Waals surface area contributed by atoms with Gasteiger partial charge in [-0.2, -0.15) is 5.10 Å². The third kappa shape index (κ3) is 1.36. The summed E-state index contributed by atoms with van der Waals surface area (Å²) in [5.41, 5.74) is 6.41. The summed E-state index contributed by atoms with van der Waals surface area (Å²) in [5, 5.41) is 15.8. The summed E-state index contributed by atoms with van der Waals surface area (Å²) >= 11 is 0. The average molecular weight is 193 g/mol. The number of aliphatic hydroxyl groups excluding tert-OH is 1. The van der Waals surface area contributed by atoms with Crippen molar-refractivity contribution in [2.75, 3.05) is 13.6 Å². The zero-order valence-electron chi connectivity index (χ0n) is 8.17. The van der Waals surface area contributed by atoms with Crippen molar-refractivity contribution in [1.82, 2.24) is 5.01 Å². The molecule has 0 saturated heterocycles. The van der Waals surface area contributed by atoms with E-state index in [1.807, 2.05) is 30.4 Å². The van der Waals surface area contributed by atoms with Gasteiger partial charge in [0.2, 0.25) is 0 Å². The van der Waals surface area contributed by atoms with Gasteiger partial charge in [-0.05, 0) is 5.57 Å². The first kappa shape index (κ1) is 9.43. The largest absolute Gasteiger partial charge is 0.387 e. The molecule has 0 aromatic heterocycles. The fourth-order valence-electron chi connectivity index (χ4n) is 1.96. The highest BCUT2D eigenvalue weighted by atomic mass is 16.3. The van der Waals surface area contributed by atoms with E-state index in [2.05, 4.69) is 11.2 Å². The molecule has 4 heteroatoms. The van der Waals surface area contributed by atoms with Gasteiger partial charge in [0.1, 0.15) is 0 Å². The van der Waals surface area contributed by atoms with E-state index < -0.39 is 6.10 Å². The highest BCUT2D eigenvalue weighted by Crippen LogP contribution is 2.29. The van der Waals surface area contributed by atoms with Crippen molar-refractivity contribution in [3.8, 4) is 0 Å². The third-order valence-electron chi connectivity index (χ3n) is 2.80. The van der Waals surface area contributed by atoms with Gasteiger partial charge in [-0.15, -0.1) is 0 Å². The van der Waals surface area contributed by atoms with E-state index in [0.29, 0.717) is 0 Å². The van der Waals surface area contributed by atoms with Gasteiger partial charge in [-0.1, -0.05) is 18.2 Å². The lowest BCUT2D eigenvalue weighted by Gasteiger charge is -2.27. The Morgan fingerprint density at radius 2 is 2.50 bits per heavy atom. The smallest absolute Gasteiger partial charge is 0.0882 e. The molecule has 0 aromatic rings. The van der Waals surface area contributed by atoms with Crippen LogP contribution in [0.3, 0.4) is 0 Å². The van der Waals surface area contributed by atoms with Crippen LogP contribution in [-0.2, 0) is 0 Å². The Labute approximate surface area is 83.4 Å². The number of nitrogens with two attached hydrogens (primary N) is 1. The number of hydrogen-bond donors (Lipinski definition) is 2. The summed E-state index contributed by atoms with van der Waals surface area (Å²) in [6.45, 7) is 0.264. The Morgan fingerprint density at radius 3 is 3.21 bits per heavy atom. The fraction of sp³-hybridized carbons (Fsp3) is 0.500. The van der Waals surface area contributed by atoms with Gasteiger partial charge < -0.3 is 10.8 Å². The number of allylic oxidation sites excluding steroid dienone is 2. The fourth-order valence-corrected chi connectivity index (χ4v) is 1.96. The maximum Gasteiger partial charge on any atom is 0.0882 e. The zero-order chi connectivity index (χ0) is 10.1. The number of rotatable bonds is 2. The minimum atomic E-state index is -0.551. The maximum absolute atomic E-state index is 9.71. The van der Waals surface area contributed by atoms with E-state index in [0.717, 1.165) is 5.57 Å². The van der Waals surface area contributed by atoms with Crippen LogP contribution in [0.4, 0.5) is 0 Å². The lowest BCUT2D eigenvalue weighted by molar-refractivity contribution is 0.199. The predicted octanol–water partition coefficient (Wildman–Crippen LogP) is -0.282. The first-order chi connectivity index (χ1) is 6.74. The van der Waals surface area contributed by atoms with Gasteiger partial charge in [0.15, 0.2) is 0 Å². The van der Waals surface area contributed by atoms with Crippen molar-refractivity contribution in [3.63, 3.8) is 0 Å². The summed E-state index contributed by atoms with van der Waals surface area (Å²) in [7, 11) is 1.93. The van der Waals surface area contributed by atoms with Crippen LogP contribution in [0.2, 0.25) is 0 Å². The SMILES string of the molecule is CN1N=CC2C(C(O)CN)=CC=CC21. The van der Waals surface area contributed by atoms with Crippen molar-refractivity contribution in [3.05, 3.63) is 23.8 Å². The molecule has 0 amide bonds. The Morgan fingerprint density at radius 1 is 1.71 bits per heavy atom. The van der Waals surface area contributed by atoms with E-state index >= 15 is 0 Å². The molecular weight excluding hydrogens is 178 g/mol. The molecule has 0 saturated carbocycles. The topological polar surface area (TPSA) is 61.8 Å². The molecule has 14 heavy (non-hydrogen) atoms. The minimum Gasteiger partial charge on any atom is -0.387 e. The second-order valence-corrected chi connectivity index (χ2v) is 3.66. The Balaban J connectivity index is 2.23. The number of aliphatic hydroxyl groups is 1. The molecule has 0 radical (unpaired) electrons. The molecule has 1 aliphatic heterocycles. The second-order valence-electron chi connectivity index (χ2n) is 3.66.